The van der Waals surface area contributed by atoms with E-state index in [1.807, 2.05) is 0 Å². The second kappa shape index (κ2) is 7.33. The number of benzene rings is 1. The molecule has 1 unspecified atom stereocenters. The molecule has 0 saturated carbocycles. The van der Waals surface area contributed by atoms with E-state index in [4.69, 9.17) is 4.74 Å². The maximum Gasteiger partial charge on any atom is 0.124 e. The molecule has 1 aromatic carbocycles. The Labute approximate surface area is 105 Å². The number of anilines is 1. The Morgan fingerprint density at radius 2 is 1.71 bits per heavy atom. The second-order valence-corrected chi connectivity index (χ2v) is 4.32. The van der Waals surface area contributed by atoms with Gasteiger partial charge in [-0.05, 0) is 37.3 Å². The molecule has 2 heteroatoms. The number of rotatable bonds is 7. The van der Waals surface area contributed by atoms with Gasteiger partial charge < -0.3 is 10.1 Å². The maximum absolute atomic E-state index is 5.68. The molecule has 0 spiro atoms. The summed E-state index contributed by atoms with van der Waals surface area (Å²) in [5.74, 6) is 0. The van der Waals surface area contributed by atoms with Crippen molar-refractivity contribution in [1.29, 1.82) is 0 Å². The molecule has 2 nitrogen and oxygen atoms in total. The Balaban J connectivity index is 2.80. The average Bonchev–Trinajstić information content (AvgIpc) is 2.36. The first kappa shape index (κ1) is 14.0. The van der Waals surface area contributed by atoms with Crippen LogP contribution in [0.15, 0.2) is 18.2 Å². The van der Waals surface area contributed by atoms with Crippen molar-refractivity contribution in [3.63, 3.8) is 0 Å². The zero-order valence-corrected chi connectivity index (χ0v) is 11.5. The average molecular weight is 235 g/mol. The van der Waals surface area contributed by atoms with Gasteiger partial charge in [0.05, 0.1) is 0 Å². The first-order valence-corrected chi connectivity index (χ1v) is 6.71. The molecule has 1 aromatic rings. The summed E-state index contributed by atoms with van der Waals surface area (Å²) in [6.45, 7) is 9.39. The molecule has 0 aromatic heterocycles. The van der Waals surface area contributed by atoms with Gasteiger partial charge in [0.1, 0.15) is 6.23 Å². The third-order valence-electron chi connectivity index (χ3n) is 2.92. The van der Waals surface area contributed by atoms with Gasteiger partial charge in [-0.25, -0.2) is 0 Å². The summed E-state index contributed by atoms with van der Waals surface area (Å²) in [7, 11) is 0. The summed E-state index contributed by atoms with van der Waals surface area (Å²) in [6.07, 6.45) is 3.24. The lowest BCUT2D eigenvalue weighted by atomic mass is 10.0. The number of hydrogen-bond donors (Lipinski definition) is 1. The first-order chi connectivity index (χ1) is 8.22. The molecule has 0 aliphatic heterocycles. The van der Waals surface area contributed by atoms with Crippen molar-refractivity contribution >= 4 is 5.69 Å². The molecule has 17 heavy (non-hydrogen) atoms. The standard InChI is InChI=1S/C15H25NO/c1-5-11-17-12(4)16-15-13(6-2)9-8-10-14(15)7-3/h8-10,12,16H,5-7,11H2,1-4H3. The highest BCUT2D eigenvalue weighted by atomic mass is 16.5. The van der Waals surface area contributed by atoms with Crippen molar-refractivity contribution in [3.8, 4) is 0 Å². The molecular weight excluding hydrogens is 210 g/mol. The Hall–Kier alpha value is -1.02. The van der Waals surface area contributed by atoms with Crippen LogP contribution in [0.25, 0.3) is 0 Å². The maximum atomic E-state index is 5.68. The van der Waals surface area contributed by atoms with Crippen LogP contribution in [0.2, 0.25) is 0 Å². The van der Waals surface area contributed by atoms with Gasteiger partial charge >= 0.3 is 0 Å². The lowest BCUT2D eigenvalue weighted by Crippen LogP contribution is -2.21. The highest BCUT2D eigenvalue weighted by Gasteiger charge is 2.09. The molecule has 1 rings (SSSR count). The number of para-hydroxylation sites is 1. The normalized spacial score (nSPS) is 12.5. The van der Waals surface area contributed by atoms with Crippen LogP contribution in [0.1, 0.15) is 45.2 Å². The van der Waals surface area contributed by atoms with Crippen LogP contribution in [-0.2, 0) is 17.6 Å². The lowest BCUT2D eigenvalue weighted by molar-refractivity contribution is 0.0852. The van der Waals surface area contributed by atoms with E-state index < -0.39 is 0 Å². The monoisotopic (exact) mass is 235 g/mol. The molecule has 0 aliphatic rings. The third kappa shape index (κ3) is 4.04. The van der Waals surface area contributed by atoms with Crippen molar-refractivity contribution in [2.24, 2.45) is 0 Å². The highest BCUT2D eigenvalue weighted by Crippen LogP contribution is 2.23. The molecule has 0 aliphatic carbocycles. The van der Waals surface area contributed by atoms with Crippen molar-refractivity contribution in [2.75, 3.05) is 11.9 Å². The predicted molar refractivity (Wildman–Crippen MR) is 74.5 cm³/mol. The van der Waals surface area contributed by atoms with E-state index in [9.17, 15) is 0 Å². The summed E-state index contributed by atoms with van der Waals surface area (Å²) < 4.78 is 5.68. The molecule has 0 bridgehead atoms. The van der Waals surface area contributed by atoms with Gasteiger partial charge in [0, 0.05) is 12.3 Å². The number of nitrogens with one attached hydrogen (secondary N) is 1. The number of aryl methyl sites for hydroxylation is 2. The molecular formula is C15H25NO. The topological polar surface area (TPSA) is 21.3 Å². The Bertz CT molecular complexity index is 313. The minimum Gasteiger partial charge on any atom is -0.360 e. The van der Waals surface area contributed by atoms with E-state index >= 15 is 0 Å². The van der Waals surface area contributed by atoms with Gasteiger partial charge in [-0.3, -0.25) is 0 Å². The summed E-state index contributed by atoms with van der Waals surface area (Å²) in [5.41, 5.74) is 4.01. The fourth-order valence-corrected chi connectivity index (χ4v) is 1.97. The summed E-state index contributed by atoms with van der Waals surface area (Å²) in [6, 6.07) is 6.52. The van der Waals surface area contributed by atoms with Crippen LogP contribution in [-0.4, -0.2) is 12.8 Å². The third-order valence-corrected chi connectivity index (χ3v) is 2.92. The molecule has 1 N–H and O–H groups in total. The van der Waals surface area contributed by atoms with Gasteiger partial charge in [-0.15, -0.1) is 0 Å². The minimum absolute atomic E-state index is 0.0768. The van der Waals surface area contributed by atoms with Gasteiger partial charge in [-0.2, -0.15) is 0 Å². The van der Waals surface area contributed by atoms with Crippen molar-refractivity contribution in [1.82, 2.24) is 0 Å². The smallest absolute Gasteiger partial charge is 0.124 e. The van der Waals surface area contributed by atoms with Gasteiger partial charge in [-0.1, -0.05) is 39.0 Å². The highest BCUT2D eigenvalue weighted by molar-refractivity contribution is 5.58. The zero-order valence-electron chi connectivity index (χ0n) is 11.5. The summed E-state index contributed by atoms with van der Waals surface area (Å²) >= 11 is 0. The van der Waals surface area contributed by atoms with Gasteiger partial charge in [0.2, 0.25) is 0 Å². The van der Waals surface area contributed by atoms with Crippen molar-refractivity contribution < 1.29 is 4.74 Å². The molecule has 0 radical (unpaired) electrons. The van der Waals surface area contributed by atoms with Crippen LogP contribution in [0.5, 0.6) is 0 Å². The van der Waals surface area contributed by atoms with Crippen LogP contribution in [0, 0.1) is 0 Å². The van der Waals surface area contributed by atoms with E-state index in [1.54, 1.807) is 0 Å². The van der Waals surface area contributed by atoms with E-state index in [2.05, 4.69) is 51.2 Å². The Morgan fingerprint density at radius 1 is 1.12 bits per heavy atom. The van der Waals surface area contributed by atoms with E-state index in [0.717, 1.165) is 25.9 Å². The first-order valence-electron chi connectivity index (χ1n) is 6.71. The largest absolute Gasteiger partial charge is 0.360 e. The number of ether oxygens (including phenoxy) is 1. The Morgan fingerprint density at radius 3 is 2.18 bits per heavy atom. The predicted octanol–water partition coefficient (Wildman–Crippen LogP) is 4.00. The molecule has 0 saturated heterocycles. The SMILES string of the molecule is CCCOC(C)Nc1c(CC)cccc1CC. The number of hydrogen-bond acceptors (Lipinski definition) is 2. The van der Waals surface area contributed by atoms with Crippen molar-refractivity contribution in [2.45, 2.75) is 53.2 Å². The molecule has 0 amide bonds. The second-order valence-electron chi connectivity index (χ2n) is 4.32. The quantitative estimate of drug-likeness (QED) is 0.721. The van der Waals surface area contributed by atoms with Crippen LogP contribution >= 0.6 is 0 Å². The van der Waals surface area contributed by atoms with E-state index in [0.29, 0.717) is 0 Å². The summed E-state index contributed by atoms with van der Waals surface area (Å²) in [4.78, 5) is 0. The van der Waals surface area contributed by atoms with E-state index in [1.165, 1.54) is 16.8 Å². The molecule has 0 heterocycles. The fraction of sp³-hybridized carbons (Fsp3) is 0.600. The molecule has 96 valence electrons. The fourth-order valence-electron chi connectivity index (χ4n) is 1.97. The van der Waals surface area contributed by atoms with Gasteiger partial charge in [0.25, 0.3) is 0 Å². The van der Waals surface area contributed by atoms with Crippen LogP contribution < -0.4 is 5.32 Å². The van der Waals surface area contributed by atoms with E-state index in [-0.39, 0.29) is 6.23 Å². The van der Waals surface area contributed by atoms with Crippen LogP contribution in [0.4, 0.5) is 5.69 Å². The van der Waals surface area contributed by atoms with Crippen molar-refractivity contribution in [3.05, 3.63) is 29.3 Å². The Kier molecular flexibility index (Phi) is 6.06. The molecule has 0 fully saturated rings. The summed E-state index contributed by atoms with van der Waals surface area (Å²) in [5, 5.41) is 3.49. The molecule has 1 atom stereocenters. The minimum atomic E-state index is 0.0768. The van der Waals surface area contributed by atoms with Crippen LogP contribution in [0.3, 0.4) is 0 Å². The van der Waals surface area contributed by atoms with Gasteiger partial charge in [0.15, 0.2) is 0 Å². The zero-order chi connectivity index (χ0) is 12.7. The lowest BCUT2D eigenvalue weighted by Gasteiger charge is -2.20.